The number of anilines is 2. The number of fused-ring (bicyclic) bond motifs is 1. The molecule has 3 aromatic heterocycles. The molecule has 0 radical (unpaired) electrons. The van der Waals surface area contributed by atoms with E-state index in [1.807, 2.05) is 0 Å². The molecule has 0 amide bonds. The molecular weight excluding hydrogens is 374 g/mol. The van der Waals surface area contributed by atoms with Gasteiger partial charge in [-0.25, -0.2) is 14.6 Å². The summed E-state index contributed by atoms with van der Waals surface area (Å²) in [6.07, 6.45) is 5.87. The summed E-state index contributed by atoms with van der Waals surface area (Å²) in [6.45, 7) is -2.30. The minimum atomic E-state index is -2.95. The Morgan fingerprint density at radius 1 is 1.39 bits per heavy atom. The number of hydrogen-bond donors (Lipinski definition) is 4. The number of H-pyrrole nitrogens is 1. The lowest BCUT2D eigenvalue weighted by Crippen LogP contribution is -2.43. The van der Waals surface area contributed by atoms with Crippen LogP contribution in [0.5, 0.6) is 5.88 Å². The quantitative estimate of drug-likeness (QED) is 0.464. The highest BCUT2D eigenvalue weighted by Crippen LogP contribution is 2.30. The lowest BCUT2D eigenvalue weighted by molar-refractivity contribution is -0.0528. The first-order valence-corrected chi connectivity index (χ1v) is 8.85. The van der Waals surface area contributed by atoms with E-state index in [0.29, 0.717) is 48.1 Å². The number of ether oxygens (including phenoxy) is 1. The van der Waals surface area contributed by atoms with E-state index in [2.05, 4.69) is 35.3 Å². The Bertz CT molecular complexity index is 947. The number of hydrogen-bond acceptors (Lipinski definition) is 8. The molecule has 1 aliphatic carbocycles. The molecule has 12 heteroatoms. The molecule has 28 heavy (non-hydrogen) atoms. The molecule has 0 saturated heterocycles. The van der Waals surface area contributed by atoms with Gasteiger partial charge in [-0.1, -0.05) is 0 Å². The predicted molar refractivity (Wildman–Crippen MR) is 94.9 cm³/mol. The van der Waals surface area contributed by atoms with Gasteiger partial charge in [-0.3, -0.25) is 5.10 Å². The Balaban J connectivity index is 1.47. The molecule has 3 aromatic rings. The van der Waals surface area contributed by atoms with Crippen molar-refractivity contribution < 1.29 is 18.6 Å². The monoisotopic (exact) mass is 394 g/mol. The zero-order valence-corrected chi connectivity index (χ0v) is 14.8. The predicted octanol–water partition coefficient (Wildman–Crippen LogP) is 1.73. The van der Waals surface area contributed by atoms with Crippen LogP contribution in [-0.2, 0) is 6.54 Å². The fourth-order valence-corrected chi connectivity index (χ4v) is 3.30. The fourth-order valence-electron chi connectivity index (χ4n) is 3.30. The lowest BCUT2D eigenvalue weighted by Gasteiger charge is -2.32. The third-order valence-corrected chi connectivity index (χ3v) is 4.77. The fraction of sp³-hybridized carbons (Fsp3) is 0.500. The molecule has 1 fully saturated rings. The minimum Gasteiger partial charge on any atom is -0.415 e. The van der Waals surface area contributed by atoms with Crippen molar-refractivity contribution in [2.45, 2.75) is 44.6 Å². The molecule has 4 rings (SSSR count). The van der Waals surface area contributed by atoms with Crippen LogP contribution < -0.4 is 15.8 Å². The number of aromatic amines is 1. The number of aromatic nitrogens is 6. The first-order chi connectivity index (χ1) is 13.4. The second kappa shape index (κ2) is 7.28. The Kier molecular flexibility index (Phi) is 4.81. The number of halogens is 2. The first kappa shape index (κ1) is 18.5. The van der Waals surface area contributed by atoms with E-state index in [1.165, 1.54) is 12.3 Å². The highest BCUT2D eigenvalue weighted by Gasteiger charge is 2.29. The van der Waals surface area contributed by atoms with E-state index < -0.39 is 12.3 Å². The third-order valence-electron chi connectivity index (χ3n) is 4.77. The zero-order chi connectivity index (χ0) is 19.7. The average molecular weight is 394 g/mol. The maximum atomic E-state index is 12.2. The van der Waals surface area contributed by atoms with Gasteiger partial charge in [0.2, 0.25) is 5.88 Å². The molecular formula is C16H20F2N8O2. The van der Waals surface area contributed by atoms with Gasteiger partial charge in [-0.15, -0.1) is 5.10 Å². The maximum Gasteiger partial charge on any atom is 0.388 e. The minimum absolute atomic E-state index is 0.228. The molecule has 0 aliphatic heterocycles. The summed E-state index contributed by atoms with van der Waals surface area (Å²) >= 11 is 0. The van der Waals surface area contributed by atoms with Crippen molar-refractivity contribution >= 4 is 22.8 Å². The normalized spacial score (nSPS) is 22.7. The molecule has 0 bridgehead atoms. The molecule has 150 valence electrons. The van der Waals surface area contributed by atoms with Gasteiger partial charge in [0.05, 0.1) is 12.4 Å². The van der Waals surface area contributed by atoms with Crippen LogP contribution in [-0.4, -0.2) is 47.4 Å². The second-order valence-corrected chi connectivity index (χ2v) is 6.96. The van der Waals surface area contributed by atoms with Gasteiger partial charge >= 0.3 is 6.61 Å². The van der Waals surface area contributed by atoms with Crippen molar-refractivity contribution in [2.75, 3.05) is 5.32 Å². The third kappa shape index (κ3) is 4.17. The summed E-state index contributed by atoms with van der Waals surface area (Å²) in [6, 6.07) is 1.30. The lowest BCUT2D eigenvalue weighted by atomic mass is 9.84. The number of aliphatic hydroxyl groups is 1. The second-order valence-electron chi connectivity index (χ2n) is 6.96. The number of alkyl halides is 2. The van der Waals surface area contributed by atoms with Crippen molar-refractivity contribution in [3.05, 3.63) is 18.5 Å². The largest absolute Gasteiger partial charge is 0.415 e. The van der Waals surface area contributed by atoms with Gasteiger partial charge in [0, 0.05) is 12.6 Å². The SMILES string of the molecule is NC1(O)CCC(Cn2ncc3ncc(Nc4cc(OC(F)F)n[nH]4)nc32)CC1. The molecule has 0 aromatic carbocycles. The van der Waals surface area contributed by atoms with Crippen molar-refractivity contribution in [2.24, 2.45) is 11.7 Å². The van der Waals surface area contributed by atoms with Crippen molar-refractivity contribution in [1.29, 1.82) is 0 Å². The van der Waals surface area contributed by atoms with Crippen molar-refractivity contribution in [3.63, 3.8) is 0 Å². The standard InChI is InChI=1S/C16H20F2N8O2/c17-15(18)28-13-5-11(24-25-13)22-12-7-20-10-6-21-26(14(10)23-12)8-9-1-3-16(19,27)4-2-9/h5-7,9,15,27H,1-4,8,19H2,(H2,22,23,24,25). The van der Waals surface area contributed by atoms with Gasteiger partial charge in [-0.2, -0.15) is 13.9 Å². The van der Waals surface area contributed by atoms with Crippen LogP contribution in [0.3, 0.4) is 0 Å². The zero-order valence-electron chi connectivity index (χ0n) is 14.8. The van der Waals surface area contributed by atoms with Gasteiger partial charge in [0.25, 0.3) is 0 Å². The van der Waals surface area contributed by atoms with Crippen molar-refractivity contribution in [3.8, 4) is 5.88 Å². The van der Waals surface area contributed by atoms with E-state index in [0.717, 1.165) is 12.8 Å². The summed E-state index contributed by atoms with van der Waals surface area (Å²) in [5.41, 5.74) is 5.94. The molecule has 1 aliphatic rings. The summed E-state index contributed by atoms with van der Waals surface area (Å²) in [5.74, 6) is 0.854. The maximum absolute atomic E-state index is 12.2. The summed E-state index contributed by atoms with van der Waals surface area (Å²) in [7, 11) is 0. The van der Waals surface area contributed by atoms with Crippen LogP contribution in [0.15, 0.2) is 18.5 Å². The molecule has 5 N–H and O–H groups in total. The van der Waals surface area contributed by atoms with Gasteiger partial charge in [0.1, 0.15) is 17.1 Å². The topological polar surface area (TPSA) is 140 Å². The Hall–Kier alpha value is -2.86. The van der Waals surface area contributed by atoms with Crippen LogP contribution >= 0.6 is 0 Å². The van der Waals surface area contributed by atoms with Crippen LogP contribution in [0, 0.1) is 5.92 Å². The number of rotatable bonds is 6. The van der Waals surface area contributed by atoms with E-state index >= 15 is 0 Å². The van der Waals surface area contributed by atoms with Gasteiger partial charge < -0.3 is 20.9 Å². The Morgan fingerprint density at radius 3 is 2.93 bits per heavy atom. The average Bonchev–Trinajstić information content (AvgIpc) is 3.23. The van der Waals surface area contributed by atoms with Crippen LogP contribution in [0.2, 0.25) is 0 Å². The molecule has 1 saturated carbocycles. The Labute approximate surface area is 158 Å². The summed E-state index contributed by atoms with van der Waals surface area (Å²) < 4.78 is 30.4. The number of nitrogens with two attached hydrogens (primary N) is 1. The van der Waals surface area contributed by atoms with Gasteiger partial charge in [-0.05, 0) is 31.6 Å². The highest BCUT2D eigenvalue weighted by molar-refractivity contribution is 5.71. The molecule has 0 spiro atoms. The van der Waals surface area contributed by atoms with Crippen LogP contribution in [0.25, 0.3) is 11.2 Å². The summed E-state index contributed by atoms with van der Waals surface area (Å²) in [5, 5.41) is 23.3. The molecule has 0 atom stereocenters. The smallest absolute Gasteiger partial charge is 0.388 e. The van der Waals surface area contributed by atoms with Gasteiger partial charge in [0.15, 0.2) is 11.5 Å². The van der Waals surface area contributed by atoms with Crippen molar-refractivity contribution in [1.82, 2.24) is 29.9 Å². The van der Waals surface area contributed by atoms with Crippen LogP contribution in [0.1, 0.15) is 25.7 Å². The molecule has 10 nitrogen and oxygen atoms in total. The summed E-state index contributed by atoms with van der Waals surface area (Å²) in [4.78, 5) is 8.83. The van der Waals surface area contributed by atoms with E-state index in [4.69, 9.17) is 5.73 Å². The van der Waals surface area contributed by atoms with Crippen LogP contribution in [0.4, 0.5) is 20.4 Å². The van der Waals surface area contributed by atoms with E-state index in [-0.39, 0.29) is 5.88 Å². The molecule has 0 unspecified atom stereocenters. The number of nitrogens with zero attached hydrogens (tertiary/aromatic N) is 5. The van der Waals surface area contributed by atoms with E-state index in [1.54, 1.807) is 10.9 Å². The highest BCUT2D eigenvalue weighted by atomic mass is 19.3. The number of nitrogens with one attached hydrogen (secondary N) is 2. The first-order valence-electron chi connectivity index (χ1n) is 8.85. The Morgan fingerprint density at radius 2 is 2.18 bits per heavy atom. The van der Waals surface area contributed by atoms with E-state index in [9.17, 15) is 13.9 Å². The molecule has 3 heterocycles.